The number of sulfonamides is 1. The molecule has 0 amide bonds. The zero-order chi connectivity index (χ0) is 15.2. The Balaban J connectivity index is 2.91. The molecule has 0 aliphatic rings. The van der Waals surface area contributed by atoms with Crippen molar-refractivity contribution in [2.75, 3.05) is 25.1 Å². The lowest BCUT2D eigenvalue weighted by atomic mass is 10.2. The largest absolute Gasteiger partial charge is 0.320 e. The maximum atomic E-state index is 13.7. The van der Waals surface area contributed by atoms with Crippen molar-refractivity contribution in [2.24, 2.45) is 5.73 Å². The van der Waals surface area contributed by atoms with E-state index in [2.05, 4.69) is 16.6 Å². The van der Waals surface area contributed by atoms with Crippen LogP contribution in [0, 0.1) is 17.7 Å². The minimum absolute atomic E-state index is 0.0296. The Morgan fingerprint density at radius 1 is 1.45 bits per heavy atom. The van der Waals surface area contributed by atoms with Gasteiger partial charge in [-0.25, -0.2) is 17.5 Å². The van der Waals surface area contributed by atoms with Crippen LogP contribution < -0.4 is 10.5 Å². The van der Waals surface area contributed by atoms with Crippen LogP contribution in [0.15, 0.2) is 23.1 Å². The zero-order valence-corrected chi connectivity index (χ0v) is 12.5. The maximum absolute atomic E-state index is 13.7. The average molecular weight is 318 g/mol. The van der Waals surface area contributed by atoms with Crippen LogP contribution in [0.5, 0.6) is 0 Å². The normalized spacial score (nSPS) is 12.6. The van der Waals surface area contributed by atoms with E-state index >= 15 is 0 Å². The summed E-state index contributed by atoms with van der Waals surface area (Å²) in [5.41, 5.74) is 5.27. The van der Waals surface area contributed by atoms with Crippen LogP contribution in [0.2, 0.25) is 0 Å². The molecule has 0 fully saturated rings. The van der Waals surface area contributed by atoms with Gasteiger partial charge in [-0.05, 0) is 18.2 Å². The van der Waals surface area contributed by atoms with Crippen molar-refractivity contribution in [1.82, 2.24) is 4.72 Å². The van der Waals surface area contributed by atoms with Crippen molar-refractivity contribution in [2.45, 2.75) is 4.90 Å². The third-order valence-electron chi connectivity index (χ3n) is 2.26. The van der Waals surface area contributed by atoms with Crippen LogP contribution in [-0.2, 0) is 20.8 Å². The molecule has 3 N–H and O–H groups in total. The molecule has 0 bridgehead atoms. The van der Waals surface area contributed by atoms with Gasteiger partial charge in [0.1, 0.15) is 5.82 Å². The molecule has 5 nitrogen and oxygen atoms in total. The summed E-state index contributed by atoms with van der Waals surface area (Å²) in [6.45, 7) is 0.122. The maximum Gasteiger partial charge on any atom is 0.240 e. The highest BCUT2D eigenvalue weighted by molar-refractivity contribution is 7.89. The molecule has 1 aromatic rings. The van der Waals surface area contributed by atoms with E-state index in [9.17, 15) is 17.0 Å². The second-order valence-electron chi connectivity index (χ2n) is 3.82. The van der Waals surface area contributed by atoms with Crippen LogP contribution in [0.1, 0.15) is 5.56 Å². The van der Waals surface area contributed by atoms with Crippen molar-refractivity contribution in [3.63, 3.8) is 0 Å². The molecule has 0 saturated heterocycles. The highest BCUT2D eigenvalue weighted by Gasteiger charge is 2.15. The molecular weight excluding hydrogens is 303 g/mol. The Bertz CT molecular complexity index is 663. The number of halogens is 1. The second kappa shape index (κ2) is 7.50. The number of hydrogen-bond donors (Lipinski definition) is 2. The summed E-state index contributed by atoms with van der Waals surface area (Å²) in [6.07, 6.45) is 1.47. The molecule has 1 rings (SSSR count). The van der Waals surface area contributed by atoms with E-state index in [-0.39, 0.29) is 29.3 Å². The summed E-state index contributed by atoms with van der Waals surface area (Å²) in [6, 6.07) is 3.44. The zero-order valence-electron chi connectivity index (χ0n) is 10.8. The Morgan fingerprint density at radius 2 is 2.15 bits per heavy atom. The third kappa shape index (κ3) is 5.02. The monoisotopic (exact) mass is 318 g/mol. The fraction of sp³-hybridized carbons (Fsp3) is 0.333. The van der Waals surface area contributed by atoms with E-state index in [1.807, 2.05) is 0 Å². The molecule has 110 valence electrons. The lowest BCUT2D eigenvalue weighted by Crippen LogP contribution is -2.27. The van der Waals surface area contributed by atoms with Gasteiger partial charge in [-0.2, -0.15) is 0 Å². The fourth-order valence-corrected chi connectivity index (χ4v) is 2.88. The van der Waals surface area contributed by atoms with E-state index < -0.39 is 26.6 Å². The Morgan fingerprint density at radius 3 is 2.70 bits per heavy atom. The van der Waals surface area contributed by atoms with Gasteiger partial charge >= 0.3 is 0 Å². The third-order valence-corrected chi connectivity index (χ3v) is 4.50. The molecule has 8 heteroatoms. The summed E-state index contributed by atoms with van der Waals surface area (Å²) >= 11 is 0. The van der Waals surface area contributed by atoms with E-state index in [0.717, 1.165) is 6.07 Å². The molecule has 1 unspecified atom stereocenters. The van der Waals surface area contributed by atoms with Crippen LogP contribution in [0.4, 0.5) is 4.39 Å². The molecule has 20 heavy (non-hydrogen) atoms. The number of nitrogens with one attached hydrogen (secondary N) is 1. The first-order chi connectivity index (χ1) is 9.36. The molecule has 0 aromatic heterocycles. The van der Waals surface area contributed by atoms with Gasteiger partial charge in [-0.1, -0.05) is 11.8 Å². The van der Waals surface area contributed by atoms with Crippen molar-refractivity contribution in [1.29, 1.82) is 0 Å². The summed E-state index contributed by atoms with van der Waals surface area (Å²) in [5, 5.41) is 0. The van der Waals surface area contributed by atoms with Gasteiger partial charge in [0.05, 0.1) is 17.0 Å². The van der Waals surface area contributed by atoms with Crippen molar-refractivity contribution >= 4 is 20.8 Å². The quantitative estimate of drug-likeness (QED) is 0.735. The van der Waals surface area contributed by atoms with E-state index in [4.69, 9.17) is 5.73 Å². The lowest BCUT2D eigenvalue weighted by molar-refractivity contribution is 0.579. The average Bonchev–Trinajstić information content (AvgIpc) is 2.36. The topological polar surface area (TPSA) is 89.3 Å². The smallest absolute Gasteiger partial charge is 0.240 e. The molecule has 0 aliphatic carbocycles. The van der Waals surface area contributed by atoms with Crippen LogP contribution in [0.25, 0.3) is 0 Å². The van der Waals surface area contributed by atoms with Crippen LogP contribution >= 0.6 is 0 Å². The fourth-order valence-electron chi connectivity index (χ4n) is 1.31. The number of hydrogen-bond acceptors (Lipinski definition) is 4. The van der Waals surface area contributed by atoms with Gasteiger partial charge in [-0.3, -0.25) is 4.21 Å². The summed E-state index contributed by atoms with van der Waals surface area (Å²) in [7, 11) is -4.91. The summed E-state index contributed by atoms with van der Waals surface area (Å²) < 4.78 is 50.5. The van der Waals surface area contributed by atoms with Gasteiger partial charge in [0, 0.05) is 29.4 Å². The second-order valence-corrected chi connectivity index (χ2v) is 7.14. The lowest BCUT2D eigenvalue weighted by Gasteiger charge is -2.06. The Kier molecular flexibility index (Phi) is 6.29. The van der Waals surface area contributed by atoms with Crippen molar-refractivity contribution in [3.8, 4) is 11.8 Å². The first kappa shape index (κ1) is 16.8. The SMILES string of the molecule is CS(=O)CCNS(=O)(=O)c1ccc(C#CCN)c(F)c1. The van der Waals surface area contributed by atoms with E-state index in [1.165, 1.54) is 18.4 Å². The molecule has 0 spiro atoms. The predicted molar refractivity (Wildman–Crippen MR) is 76.5 cm³/mol. The number of benzene rings is 1. The van der Waals surface area contributed by atoms with Gasteiger partial charge in [0.2, 0.25) is 10.0 Å². The molecule has 0 radical (unpaired) electrons. The standard InChI is InChI=1S/C12H15FN2O3S2/c1-19(16)8-7-15-20(17,18)11-5-4-10(3-2-6-14)12(13)9-11/h4-5,9,15H,6-8,14H2,1H3. The van der Waals surface area contributed by atoms with Crippen molar-refractivity contribution < 1.29 is 17.0 Å². The van der Waals surface area contributed by atoms with Gasteiger partial charge < -0.3 is 5.73 Å². The minimum atomic E-state index is -3.81. The van der Waals surface area contributed by atoms with Crippen LogP contribution in [-0.4, -0.2) is 37.7 Å². The summed E-state index contributed by atoms with van der Waals surface area (Å²) in [5.74, 6) is 4.46. The molecule has 0 saturated carbocycles. The van der Waals surface area contributed by atoms with Crippen molar-refractivity contribution in [3.05, 3.63) is 29.6 Å². The van der Waals surface area contributed by atoms with Gasteiger partial charge in [-0.15, -0.1) is 0 Å². The highest BCUT2D eigenvalue weighted by atomic mass is 32.2. The first-order valence-corrected chi connectivity index (χ1v) is 8.86. The number of nitrogens with two attached hydrogens (primary N) is 1. The minimum Gasteiger partial charge on any atom is -0.320 e. The molecule has 0 heterocycles. The Hall–Kier alpha value is -1.27. The van der Waals surface area contributed by atoms with Gasteiger partial charge in [0.25, 0.3) is 0 Å². The van der Waals surface area contributed by atoms with E-state index in [0.29, 0.717) is 0 Å². The van der Waals surface area contributed by atoms with Crippen LogP contribution in [0.3, 0.4) is 0 Å². The molecule has 1 atom stereocenters. The molecule has 1 aromatic carbocycles. The molecular formula is C12H15FN2O3S2. The first-order valence-electron chi connectivity index (χ1n) is 5.65. The predicted octanol–water partition coefficient (Wildman–Crippen LogP) is -0.207. The number of rotatable bonds is 5. The van der Waals surface area contributed by atoms with E-state index in [1.54, 1.807) is 0 Å². The molecule has 0 aliphatic heterocycles. The Labute approximate surface area is 120 Å². The summed E-state index contributed by atoms with van der Waals surface area (Å²) in [4.78, 5) is -0.199. The van der Waals surface area contributed by atoms with Gasteiger partial charge in [0.15, 0.2) is 0 Å². The highest BCUT2D eigenvalue weighted by Crippen LogP contribution is 2.14.